The molecule has 0 unspecified atom stereocenters. The summed E-state index contributed by atoms with van der Waals surface area (Å²) in [6, 6.07) is 61.0. The molecule has 576 valence electrons. The van der Waals surface area contributed by atoms with E-state index in [9.17, 15) is 0 Å². The molecular formula is C102H114N12+6. The first kappa shape index (κ1) is 79.5. The molecule has 0 saturated heterocycles. The fourth-order valence-electron chi connectivity index (χ4n) is 16.7. The second-order valence-electron chi connectivity index (χ2n) is 31.8. The molecule has 18 heterocycles. The van der Waals surface area contributed by atoms with Gasteiger partial charge in [-0.15, -0.1) is 0 Å². The minimum absolute atomic E-state index is 1.25. The molecule has 0 aliphatic rings. The van der Waals surface area contributed by atoms with Crippen LogP contribution in [0.2, 0.25) is 0 Å². The highest BCUT2D eigenvalue weighted by Crippen LogP contribution is 2.35. The third kappa shape index (κ3) is 16.0. The Balaban J connectivity index is 0.000000119. The van der Waals surface area contributed by atoms with Gasteiger partial charge in [0.15, 0.2) is 37.2 Å². The maximum absolute atomic E-state index is 2.34. The van der Waals surface area contributed by atoms with E-state index in [-0.39, 0.29) is 0 Å². The molecule has 12 heteroatoms. The van der Waals surface area contributed by atoms with Gasteiger partial charge in [-0.05, 0) is 299 Å². The van der Waals surface area contributed by atoms with Gasteiger partial charge in [0.2, 0.25) is 34.2 Å². The van der Waals surface area contributed by atoms with Gasteiger partial charge in [-0.2, -0.15) is 4.57 Å². The Labute approximate surface area is 674 Å². The Hall–Kier alpha value is -12.5. The molecule has 18 aromatic heterocycles. The van der Waals surface area contributed by atoms with E-state index in [4.69, 9.17) is 0 Å². The largest absolute Gasteiger partial charge is 0.323 e. The van der Waals surface area contributed by atoms with Crippen molar-refractivity contribution in [1.82, 2.24) is 26.4 Å². The average molecular weight is 1510 g/mol. The van der Waals surface area contributed by atoms with Gasteiger partial charge in [-0.25, -0.2) is 22.8 Å². The van der Waals surface area contributed by atoms with Crippen molar-refractivity contribution in [3.05, 3.63) is 357 Å². The number of pyridine rings is 12. The lowest BCUT2D eigenvalue weighted by molar-refractivity contribution is -0.660. The smallest absolute Gasteiger partial charge is 0.229 e. The van der Waals surface area contributed by atoms with Crippen molar-refractivity contribution in [3.8, 4) is 67.7 Å². The van der Waals surface area contributed by atoms with Crippen LogP contribution in [0.1, 0.15) is 101 Å². The van der Waals surface area contributed by atoms with Crippen molar-refractivity contribution in [2.45, 2.75) is 125 Å². The van der Waals surface area contributed by atoms with Crippen LogP contribution in [0.3, 0.4) is 0 Å². The minimum atomic E-state index is 1.25. The minimum Gasteiger partial charge on any atom is -0.323 e. The zero-order valence-corrected chi connectivity index (χ0v) is 71.6. The van der Waals surface area contributed by atoms with Gasteiger partial charge in [-0.3, -0.25) is 0 Å². The Kier molecular flexibility index (Phi) is 23.0. The molecule has 0 N–H and O–H groups in total. The van der Waals surface area contributed by atoms with Gasteiger partial charge in [-0.1, -0.05) is 6.07 Å². The Morgan fingerprint density at radius 1 is 0.246 bits per heavy atom. The quantitative estimate of drug-likeness (QED) is 0.149. The fraction of sp³-hybridized carbons (Fsp3) is 0.235. The molecule has 18 aromatic rings. The Morgan fingerprint density at radius 3 is 0.991 bits per heavy atom. The number of hydrogen-bond acceptors (Lipinski definition) is 0. The number of fused-ring (bicyclic) bond motifs is 6. The second kappa shape index (κ2) is 33.0. The molecule has 0 spiro atoms. The van der Waals surface area contributed by atoms with Crippen LogP contribution in [0.5, 0.6) is 0 Å². The van der Waals surface area contributed by atoms with Crippen molar-refractivity contribution in [1.29, 1.82) is 0 Å². The summed E-state index contributed by atoms with van der Waals surface area (Å²) in [7, 11) is 12.6. The predicted octanol–water partition coefficient (Wildman–Crippen LogP) is 20.1. The van der Waals surface area contributed by atoms with E-state index >= 15 is 0 Å². The summed E-state index contributed by atoms with van der Waals surface area (Å²) in [6.45, 7) is 39.1. The lowest BCUT2D eigenvalue weighted by atomic mass is 9.99. The van der Waals surface area contributed by atoms with Crippen LogP contribution in [-0.4, -0.2) is 26.4 Å². The van der Waals surface area contributed by atoms with E-state index in [1.54, 1.807) is 0 Å². The maximum atomic E-state index is 2.34. The first-order valence-corrected chi connectivity index (χ1v) is 39.7. The van der Waals surface area contributed by atoms with E-state index < -0.39 is 0 Å². The number of aryl methyl sites for hydroxylation is 24. The number of aromatic nitrogens is 12. The van der Waals surface area contributed by atoms with Crippen LogP contribution in [0.4, 0.5) is 0 Å². The number of rotatable bonds is 6. The molecule has 0 aliphatic heterocycles. The van der Waals surface area contributed by atoms with Crippen molar-refractivity contribution >= 4 is 33.1 Å². The van der Waals surface area contributed by atoms with Gasteiger partial charge >= 0.3 is 0 Å². The average Bonchev–Trinajstić information content (AvgIpc) is 1.71. The highest BCUT2D eigenvalue weighted by atomic mass is 15.0. The van der Waals surface area contributed by atoms with Crippen molar-refractivity contribution in [3.63, 3.8) is 0 Å². The lowest BCUT2D eigenvalue weighted by Crippen LogP contribution is -2.31. The highest BCUT2D eigenvalue weighted by molar-refractivity contribution is 5.83. The SMILES string of the molecule is Cc1cc[n+](C)c(-c2c(C)cc3cccn3c2C)c1.Cc1cc[n+](C)c(-c2c(C)cc3cccn3c2C)c1.Cc1cc[n+](C)c(-c2c(C)ccc3ccc(C)n23)c1.Cc1cc[n+](C)c(-c2c(C)ccn3ccc(C)c23)c1.Cc1cc[n+](C)c(-c2c(C)cn3cccc3c2C)c1.Cc1cc[n+](C)c(-c2c(C)cn3cccc3c2C)c1. The highest BCUT2D eigenvalue weighted by Gasteiger charge is 2.24. The van der Waals surface area contributed by atoms with Gasteiger partial charge in [0.05, 0.1) is 33.3 Å². The molecule has 0 fully saturated rings. The zero-order valence-electron chi connectivity index (χ0n) is 71.6. The van der Waals surface area contributed by atoms with Crippen LogP contribution in [0, 0.1) is 125 Å². The lowest BCUT2D eigenvalue weighted by Gasteiger charge is -2.11. The molecule has 0 saturated carbocycles. The molecule has 0 aliphatic carbocycles. The van der Waals surface area contributed by atoms with E-state index in [1.807, 2.05) is 0 Å². The third-order valence-corrected chi connectivity index (χ3v) is 22.9. The third-order valence-electron chi connectivity index (χ3n) is 22.9. The standard InChI is InChI=1S/6C17H19N2/c1-12-5-8-18(4)15(11-12)16-13(2)6-9-19-10-7-14(3)17(16)19;1-12-9-10-18(4)16(11-12)17-13(2)5-7-15-8-6-14(3)19(15)17;2*1-12-7-9-18(4)16(10-12)17-13(2)11-19-8-5-6-15(19)14(17)3;2*1-12-7-9-18(4)16(10-12)17-13(2)11-15-6-5-8-19(15)14(17)3/h6*5-11H,1-4H3/q6*+1. The fourth-order valence-corrected chi connectivity index (χ4v) is 16.7. The summed E-state index contributed by atoms with van der Waals surface area (Å²) in [5.41, 5.74) is 46.7. The zero-order chi connectivity index (χ0) is 81.4. The molecule has 0 radical (unpaired) electrons. The summed E-state index contributed by atoms with van der Waals surface area (Å²) < 4.78 is 26.6. The summed E-state index contributed by atoms with van der Waals surface area (Å²) in [4.78, 5) is 0. The van der Waals surface area contributed by atoms with Crippen LogP contribution in [-0.2, 0) is 42.3 Å². The summed E-state index contributed by atoms with van der Waals surface area (Å²) >= 11 is 0. The maximum Gasteiger partial charge on any atom is 0.229 e. The Bertz CT molecular complexity index is 6000. The molecule has 0 atom stereocenters. The second-order valence-corrected chi connectivity index (χ2v) is 31.8. The Morgan fingerprint density at radius 2 is 0.588 bits per heavy atom. The molecule has 114 heavy (non-hydrogen) atoms. The molecule has 0 aromatic carbocycles. The van der Waals surface area contributed by atoms with Crippen molar-refractivity contribution < 1.29 is 27.4 Å². The monoisotopic (exact) mass is 1510 g/mol. The van der Waals surface area contributed by atoms with Crippen LogP contribution in [0.25, 0.3) is 101 Å². The van der Waals surface area contributed by atoms with E-state index in [2.05, 4.69) is 477 Å². The van der Waals surface area contributed by atoms with Crippen molar-refractivity contribution in [2.75, 3.05) is 0 Å². The summed E-state index contributed by atoms with van der Waals surface area (Å²) in [5, 5.41) is 0. The predicted molar refractivity (Wildman–Crippen MR) is 469 cm³/mol. The van der Waals surface area contributed by atoms with Crippen LogP contribution in [0.15, 0.2) is 257 Å². The molecule has 18 rings (SSSR count). The summed E-state index contributed by atoms with van der Waals surface area (Å²) in [5.74, 6) is 0. The topological polar surface area (TPSA) is 49.7 Å². The molecule has 0 amide bonds. The van der Waals surface area contributed by atoms with Gasteiger partial charge in [0, 0.05) is 167 Å². The molecule has 0 bridgehead atoms. The van der Waals surface area contributed by atoms with Gasteiger partial charge in [0.25, 0.3) is 0 Å². The van der Waals surface area contributed by atoms with Crippen molar-refractivity contribution in [2.24, 2.45) is 42.3 Å². The first-order valence-electron chi connectivity index (χ1n) is 39.7. The molecule has 12 nitrogen and oxygen atoms in total. The molecular weight excluding hydrogens is 1390 g/mol. The normalized spacial score (nSPS) is 11.2. The van der Waals surface area contributed by atoms with Crippen LogP contribution < -0.4 is 27.4 Å². The van der Waals surface area contributed by atoms with E-state index in [1.165, 1.54) is 201 Å². The van der Waals surface area contributed by atoms with Crippen LogP contribution >= 0.6 is 0 Å². The number of hydrogen-bond donors (Lipinski definition) is 0. The van der Waals surface area contributed by atoms with Gasteiger partial charge in [0.1, 0.15) is 48.0 Å². The van der Waals surface area contributed by atoms with E-state index in [0.717, 1.165) is 0 Å². The number of nitrogens with zero attached hydrogens (tertiary/aromatic N) is 12. The van der Waals surface area contributed by atoms with E-state index in [0.29, 0.717) is 0 Å². The summed E-state index contributed by atoms with van der Waals surface area (Å²) in [6.07, 6.45) is 29.9. The van der Waals surface area contributed by atoms with Gasteiger partial charge < -0.3 is 26.4 Å². The first-order chi connectivity index (χ1) is 54.5.